The van der Waals surface area contributed by atoms with Gasteiger partial charge in [-0.1, -0.05) is 11.6 Å². The number of hydrogen-bond donors (Lipinski definition) is 3. The fourth-order valence-electron chi connectivity index (χ4n) is 1.63. The van der Waals surface area contributed by atoms with Crippen LogP contribution in [0.4, 0.5) is 10.1 Å². The Hall–Kier alpha value is -2.60. The molecule has 0 aliphatic rings. The highest BCUT2D eigenvalue weighted by atomic mass is 35.5. The van der Waals surface area contributed by atoms with Crippen molar-refractivity contribution in [3.8, 4) is 5.75 Å². The molecular weight excluding hydrogens is 301 g/mol. The average molecular weight is 310 g/mol. The number of benzene rings is 2. The topological polar surface area (TPSA) is 86.6 Å². The molecule has 0 aliphatic carbocycles. The van der Waals surface area contributed by atoms with Crippen molar-refractivity contribution in [2.24, 2.45) is 0 Å². The van der Waals surface area contributed by atoms with Crippen molar-refractivity contribution in [1.82, 2.24) is 0 Å². The van der Waals surface area contributed by atoms with E-state index in [1.54, 1.807) is 0 Å². The minimum atomic E-state index is -1.33. The van der Waals surface area contributed by atoms with Crippen molar-refractivity contribution in [3.05, 3.63) is 58.4 Å². The third kappa shape index (κ3) is 3.29. The number of phenols is 1. The number of carbonyl (C=O) groups is 2. The molecule has 0 unspecified atom stereocenters. The lowest BCUT2D eigenvalue weighted by Gasteiger charge is -2.07. The van der Waals surface area contributed by atoms with Gasteiger partial charge >= 0.3 is 5.97 Å². The average Bonchev–Trinajstić information content (AvgIpc) is 2.43. The summed E-state index contributed by atoms with van der Waals surface area (Å²) in [6.45, 7) is 0. The summed E-state index contributed by atoms with van der Waals surface area (Å²) in [6, 6.07) is 7.05. The van der Waals surface area contributed by atoms with Crippen LogP contribution in [0, 0.1) is 5.82 Å². The maximum atomic E-state index is 13.0. The Morgan fingerprint density at radius 2 is 1.86 bits per heavy atom. The summed E-state index contributed by atoms with van der Waals surface area (Å²) in [6.07, 6.45) is 0. The first-order chi connectivity index (χ1) is 9.88. The number of halogens is 2. The highest BCUT2D eigenvalue weighted by Crippen LogP contribution is 2.22. The van der Waals surface area contributed by atoms with Crippen LogP contribution >= 0.6 is 11.6 Å². The molecule has 0 bridgehead atoms. The predicted octanol–water partition coefficient (Wildman–Crippen LogP) is 3.14. The monoisotopic (exact) mass is 309 g/mol. The second kappa shape index (κ2) is 5.80. The molecule has 1 amide bonds. The molecule has 0 aromatic heterocycles. The second-order valence-corrected chi connectivity index (χ2v) is 4.53. The number of aromatic hydroxyl groups is 1. The SMILES string of the molecule is O=C(Nc1ccc(O)c(C(=O)O)c1)c1ccc(F)c(Cl)c1. The van der Waals surface area contributed by atoms with Gasteiger partial charge < -0.3 is 15.5 Å². The largest absolute Gasteiger partial charge is 0.507 e. The van der Waals surface area contributed by atoms with E-state index in [1.807, 2.05) is 0 Å². The summed E-state index contributed by atoms with van der Waals surface area (Å²) < 4.78 is 13.0. The Bertz CT molecular complexity index is 733. The highest BCUT2D eigenvalue weighted by molar-refractivity contribution is 6.31. The smallest absolute Gasteiger partial charge is 0.339 e. The van der Waals surface area contributed by atoms with Crippen molar-refractivity contribution in [2.75, 3.05) is 5.32 Å². The number of amides is 1. The van der Waals surface area contributed by atoms with Gasteiger partial charge in [-0.2, -0.15) is 0 Å². The van der Waals surface area contributed by atoms with E-state index in [1.165, 1.54) is 12.1 Å². The fraction of sp³-hybridized carbons (Fsp3) is 0. The van der Waals surface area contributed by atoms with Gasteiger partial charge in [-0.3, -0.25) is 4.79 Å². The molecule has 7 heteroatoms. The zero-order chi connectivity index (χ0) is 15.6. The molecule has 0 atom stereocenters. The molecule has 21 heavy (non-hydrogen) atoms. The summed E-state index contributed by atoms with van der Waals surface area (Å²) in [5.74, 6) is -2.97. The first-order valence-electron chi connectivity index (χ1n) is 5.71. The number of carboxylic acids is 1. The molecule has 0 radical (unpaired) electrons. The summed E-state index contributed by atoms with van der Waals surface area (Å²) in [7, 11) is 0. The van der Waals surface area contributed by atoms with Crippen molar-refractivity contribution in [3.63, 3.8) is 0 Å². The normalized spacial score (nSPS) is 10.2. The van der Waals surface area contributed by atoms with Gasteiger partial charge in [0.15, 0.2) is 0 Å². The van der Waals surface area contributed by atoms with Crippen molar-refractivity contribution in [2.45, 2.75) is 0 Å². The van der Waals surface area contributed by atoms with Crippen LogP contribution in [0.1, 0.15) is 20.7 Å². The lowest BCUT2D eigenvalue weighted by Crippen LogP contribution is -2.12. The Balaban J connectivity index is 2.25. The quantitative estimate of drug-likeness (QED) is 0.760. The van der Waals surface area contributed by atoms with Gasteiger partial charge in [-0.05, 0) is 36.4 Å². The van der Waals surface area contributed by atoms with Crippen LogP contribution in [0.15, 0.2) is 36.4 Å². The van der Waals surface area contributed by atoms with E-state index in [0.29, 0.717) is 0 Å². The van der Waals surface area contributed by atoms with Crippen LogP contribution < -0.4 is 5.32 Å². The highest BCUT2D eigenvalue weighted by Gasteiger charge is 2.13. The number of anilines is 1. The maximum Gasteiger partial charge on any atom is 0.339 e. The number of aromatic carboxylic acids is 1. The zero-order valence-electron chi connectivity index (χ0n) is 10.4. The van der Waals surface area contributed by atoms with Gasteiger partial charge in [0, 0.05) is 11.3 Å². The Morgan fingerprint density at radius 3 is 2.48 bits per heavy atom. The third-order valence-electron chi connectivity index (χ3n) is 2.67. The van der Waals surface area contributed by atoms with Crippen LogP contribution in [0.5, 0.6) is 5.75 Å². The van der Waals surface area contributed by atoms with Gasteiger partial charge in [0.1, 0.15) is 17.1 Å². The molecule has 2 aromatic rings. The van der Waals surface area contributed by atoms with Crippen LogP contribution in [0.2, 0.25) is 5.02 Å². The van der Waals surface area contributed by atoms with Crippen molar-refractivity contribution < 1.29 is 24.2 Å². The molecule has 108 valence electrons. The molecule has 0 heterocycles. The number of carbonyl (C=O) groups excluding carboxylic acids is 1. The Labute approximate surface area is 123 Å². The Morgan fingerprint density at radius 1 is 1.14 bits per heavy atom. The molecule has 2 aromatic carbocycles. The summed E-state index contributed by atoms with van der Waals surface area (Å²) >= 11 is 5.58. The van der Waals surface area contributed by atoms with Gasteiger partial charge in [0.25, 0.3) is 5.91 Å². The summed E-state index contributed by atoms with van der Waals surface area (Å²) in [4.78, 5) is 22.8. The van der Waals surface area contributed by atoms with Crippen LogP contribution in [-0.2, 0) is 0 Å². The van der Waals surface area contributed by atoms with Gasteiger partial charge in [0.2, 0.25) is 0 Å². The molecule has 3 N–H and O–H groups in total. The Kier molecular flexibility index (Phi) is 4.09. The van der Waals surface area contributed by atoms with E-state index in [2.05, 4.69) is 5.32 Å². The predicted molar refractivity (Wildman–Crippen MR) is 74.4 cm³/mol. The number of carboxylic acid groups (broad SMARTS) is 1. The van der Waals surface area contributed by atoms with E-state index in [9.17, 15) is 19.1 Å². The molecule has 0 fully saturated rings. The van der Waals surface area contributed by atoms with Crippen LogP contribution in [-0.4, -0.2) is 22.1 Å². The number of rotatable bonds is 3. The minimum Gasteiger partial charge on any atom is -0.507 e. The zero-order valence-corrected chi connectivity index (χ0v) is 11.2. The van der Waals surface area contributed by atoms with E-state index < -0.39 is 23.4 Å². The minimum absolute atomic E-state index is 0.117. The van der Waals surface area contributed by atoms with E-state index in [-0.39, 0.29) is 21.8 Å². The second-order valence-electron chi connectivity index (χ2n) is 4.12. The molecule has 0 aliphatic heterocycles. The van der Waals surface area contributed by atoms with Gasteiger partial charge in [0.05, 0.1) is 5.02 Å². The fourth-order valence-corrected chi connectivity index (χ4v) is 1.81. The lowest BCUT2D eigenvalue weighted by atomic mass is 10.1. The molecule has 0 saturated heterocycles. The molecule has 0 saturated carbocycles. The van der Waals surface area contributed by atoms with E-state index in [0.717, 1.165) is 24.3 Å². The first kappa shape index (κ1) is 14.8. The maximum absolute atomic E-state index is 13.0. The van der Waals surface area contributed by atoms with E-state index in [4.69, 9.17) is 16.7 Å². The van der Waals surface area contributed by atoms with Crippen LogP contribution in [0.3, 0.4) is 0 Å². The molecule has 0 spiro atoms. The molecule has 5 nitrogen and oxygen atoms in total. The first-order valence-corrected chi connectivity index (χ1v) is 6.09. The van der Waals surface area contributed by atoms with E-state index >= 15 is 0 Å². The summed E-state index contributed by atoms with van der Waals surface area (Å²) in [5, 5.41) is 20.5. The van der Waals surface area contributed by atoms with Crippen molar-refractivity contribution >= 4 is 29.2 Å². The number of nitrogens with one attached hydrogen (secondary N) is 1. The molecule has 2 rings (SSSR count). The van der Waals surface area contributed by atoms with Gasteiger partial charge in [-0.25, -0.2) is 9.18 Å². The van der Waals surface area contributed by atoms with Crippen LogP contribution in [0.25, 0.3) is 0 Å². The number of hydrogen-bond acceptors (Lipinski definition) is 3. The van der Waals surface area contributed by atoms with Gasteiger partial charge in [-0.15, -0.1) is 0 Å². The van der Waals surface area contributed by atoms with Crippen molar-refractivity contribution in [1.29, 1.82) is 0 Å². The molecular formula is C14H9ClFNO4. The standard InChI is InChI=1S/C14H9ClFNO4/c15-10-5-7(1-3-11(10)16)13(19)17-8-2-4-12(18)9(6-8)14(20)21/h1-6,18H,(H,17,19)(H,20,21). The summed E-state index contributed by atoms with van der Waals surface area (Å²) in [5.41, 5.74) is -0.0491. The third-order valence-corrected chi connectivity index (χ3v) is 2.96. The lowest BCUT2D eigenvalue weighted by molar-refractivity contribution is 0.0693.